The lowest BCUT2D eigenvalue weighted by Gasteiger charge is -2.14. The molecule has 0 spiro atoms. The van der Waals surface area contributed by atoms with Crippen molar-refractivity contribution in [2.24, 2.45) is 0 Å². The molecule has 6 nitrogen and oxygen atoms in total. The Hall–Kier alpha value is -0.640. The maximum atomic E-state index is 12.3. The summed E-state index contributed by atoms with van der Waals surface area (Å²) < 4.78 is 27.6. The van der Waals surface area contributed by atoms with E-state index in [4.69, 9.17) is 0 Å². The summed E-state index contributed by atoms with van der Waals surface area (Å²) in [5.41, 5.74) is -0.430. The van der Waals surface area contributed by atoms with Crippen molar-refractivity contribution >= 4 is 43.4 Å². The fourth-order valence-corrected chi connectivity index (χ4v) is 4.44. The fraction of sp³-hybridized carbons (Fsp3) is 0.500. The minimum atomic E-state index is -3.93. The normalized spacial score (nSPS) is 13.1. The van der Waals surface area contributed by atoms with Crippen molar-refractivity contribution < 1.29 is 13.3 Å². The highest BCUT2D eigenvalue weighted by Crippen LogP contribution is 2.27. The molecule has 0 aliphatic rings. The van der Waals surface area contributed by atoms with Gasteiger partial charge in [0, 0.05) is 16.6 Å². The van der Waals surface area contributed by atoms with Crippen LogP contribution in [0.5, 0.6) is 0 Å². The Kier molecular flexibility index (Phi) is 7.11. The van der Waals surface area contributed by atoms with Crippen LogP contribution in [-0.4, -0.2) is 30.9 Å². The standard InChI is InChI=1S/C12H17BrN2O4S2/c1-3-20-7-6-9(2)14-21(18,19)12-8-10(13)4-5-11(12)15(16)17/h4-5,8-9,14H,3,6-7H2,1-2H3. The van der Waals surface area contributed by atoms with E-state index in [2.05, 4.69) is 20.7 Å². The molecular weight excluding hydrogens is 380 g/mol. The largest absolute Gasteiger partial charge is 0.289 e. The highest BCUT2D eigenvalue weighted by atomic mass is 79.9. The molecule has 0 amide bonds. The summed E-state index contributed by atoms with van der Waals surface area (Å²) in [6.45, 7) is 3.78. The van der Waals surface area contributed by atoms with Crippen LogP contribution in [0.4, 0.5) is 5.69 Å². The number of thioether (sulfide) groups is 1. The highest BCUT2D eigenvalue weighted by molar-refractivity contribution is 9.10. The minimum absolute atomic E-state index is 0.285. The van der Waals surface area contributed by atoms with Crippen LogP contribution in [0.15, 0.2) is 27.6 Å². The van der Waals surface area contributed by atoms with E-state index >= 15 is 0 Å². The number of hydrogen-bond donors (Lipinski definition) is 1. The molecule has 1 rings (SSSR count). The Balaban J connectivity index is 2.97. The topological polar surface area (TPSA) is 89.3 Å². The number of nitrogens with one attached hydrogen (secondary N) is 1. The zero-order valence-corrected chi connectivity index (χ0v) is 14.9. The summed E-state index contributed by atoms with van der Waals surface area (Å²) in [7, 11) is -3.93. The van der Waals surface area contributed by atoms with Gasteiger partial charge in [0.25, 0.3) is 5.69 Å². The van der Waals surface area contributed by atoms with Crippen molar-refractivity contribution in [2.45, 2.75) is 31.2 Å². The molecular formula is C12H17BrN2O4S2. The third-order valence-electron chi connectivity index (χ3n) is 2.66. The van der Waals surface area contributed by atoms with E-state index in [0.717, 1.165) is 11.5 Å². The van der Waals surface area contributed by atoms with E-state index in [0.29, 0.717) is 10.9 Å². The van der Waals surface area contributed by atoms with Gasteiger partial charge >= 0.3 is 0 Å². The van der Waals surface area contributed by atoms with Crippen LogP contribution in [-0.2, 0) is 10.0 Å². The molecule has 0 saturated carbocycles. The molecule has 9 heteroatoms. The number of nitro groups is 1. The van der Waals surface area contributed by atoms with Gasteiger partial charge in [-0.1, -0.05) is 22.9 Å². The first kappa shape index (κ1) is 18.4. The second-order valence-electron chi connectivity index (χ2n) is 4.38. The van der Waals surface area contributed by atoms with Crippen molar-refractivity contribution in [3.8, 4) is 0 Å². The zero-order valence-electron chi connectivity index (χ0n) is 11.7. The minimum Gasteiger partial charge on any atom is -0.258 e. The third-order valence-corrected chi connectivity index (χ3v) is 5.71. The zero-order chi connectivity index (χ0) is 16.0. The van der Waals surface area contributed by atoms with Gasteiger partial charge in [0.2, 0.25) is 10.0 Å². The van der Waals surface area contributed by atoms with Gasteiger partial charge in [0.05, 0.1) is 4.92 Å². The smallest absolute Gasteiger partial charge is 0.258 e. The van der Waals surface area contributed by atoms with E-state index in [1.54, 1.807) is 18.7 Å². The van der Waals surface area contributed by atoms with E-state index in [1.807, 2.05) is 6.92 Å². The summed E-state index contributed by atoms with van der Waals surface area (Å²) in [5, 5.41) is 11.0. The van der Waals surface area contributed by atoms with Gasteiger partial charge in [0.1, 0.15) is 0 Å². The number of nitro benzene ring substituents is 1. The van der Waals surface area contributed by atoms with Gasteiger partial charge in [-0.25, -0.2) is 13.1 Å². The molecule has 1 N–H and O–H groups in total. The predicted molar refractivity (Wildman–Crippen MR) is 88.2 cm³/mol. The summed E-state index contributed by atoms with van der Waals surface area (Å²) >= 11 is 4.86. The molecule has 0 aliphatic heterocycles. The average Bonchev–Trinajstić information content (AvgIpc) is 2.38. The predicted octanol–water partition coefficient (Wildman–Crippen LogP) is 3.17. The van der Waals surface area contributed by atoms with E-state index in [1.165, 1.54) is 18.2 Å². The van der Waals surface area contributed by atoms with Crippen molar-refractivity contribution in [1.82, 2.24) is 4.72 Å². The van der Waals surface area contributed by atoms with Crippen molar-refractivity contribution in [3.05, 3.63) is 32.8 Å². The second-order valence-corrected chi connectivity index (χ2v) is 8.37. The number of sulfonamides is 1. The summed E-state index contributed by atoms with van der Waals surface area (Å²) in [5.74, 6) is 1.80. The lowest BCUT2D eigenvalue weighted by Crippen LogP contribution is -2.33. The Bertz CT molecular complexity index is 607. The number of rotatable bonds is 8. The molecule has 0 aliphatic carbocycles. The van der Waals surface area contributed by atoms with Crippen LogP contribution in [0, 0.1) is 10.1 Å². The molecule has 1 unspecified atom stereocenters. The maximum absolute atomic E-state index is 12.3. The van der Waals surface area contributed by atoms with Crippen LogP contribution in [0.25, 0.3) is 0 Å². The van der Waals surface area contributed by atoms with Gasteiger partial charge in [-0.15, -0.1) is 0 Å². The van der Waals surface area contributed by atoms with Crippen LogP contribution in [0.2, 0.25) is 0 Å². The average molecular weight is 397 g/mol. The molecule has 21 heavy (non-hydrogen) atoms. The summed E-state index contributed by atoms with van der Waals surface area (Å²) in [6, 6.07) is 3.58. The third kappa shape index (κ3) is 5.57. The second kappa shape index (κ2) is 8.11. The van der Waals surface area contributed by atoms with Crippen LogP contribution in [0.3, 0.4) is 0 Å². The Morgan fingerprint density at radius 3 is 2.71 bits per heavy atom. The highest BCUT2D eigenvalue weighted by Gasteiger charge is 2.27. The first-order valence-corrected chi connectivity index (χ1v) is 9.75. The first-order valence-electron chi connectivity index (χ1n) is 6.32. The fourth-order valence-electron chi connectivity index (χ4n) is 1.65. The van der Waals surface area contributed by atoms with E-state index < -0.39 is 20.6 Å². The monoisotopic (exact) mass is 396 g/mol. The van der Waals surface area contributed by atoms with Crippen molar-refractivity contribution in [1.29, 1.82) is 0 Å². The molecule has 0 heterocycles. The van der Waals surface area contributed by atoms with E-state index in [9.17, 15) is 18.5 Å². The lowest BCUT2D eigenvalue weighted by molar-refractivity contribution is -0.387. The molecule has 0 bridgehead atoms. The van der Waals surface area contributed by atoms with Crippen molar-refractivity contribution in [2.75, 3.05) is 11.5 Å². The number of halogens is 1. The quantitative estimate of drug-likeness (QED) is 0.414. The lowest BCUT2D eigenvalue weighted by atomic mass is 10.3. The number of hydrogen-bond acceptors (Lipinski definition) is 5. The van der Waals surface area contributed by atoms with Gasteiger partial charge in [-0.05, 0) is 37.0 Å². The molecule has 118 valence electrons. The molecule has 0 saturated heterocycles. The molecule has 1 aromatic carbocycles. The van der Waals surface area contributed by atoms with Gasteiger partial charge in [0.15, 0.2) is 4.90 Å². The Labute approximate surface area is 137 Å². The molecule has 1 atom stereocenters. The van der Waals surface area contributed by atoms with Crippen LogP contribution in [0.1, 0.15) is 20.3 Å². The molecule has 0 radical (unpaired) electrons. The van der Waals surface area contributed by atoms with Gasteiger partial charge < -0.3 is 0 Å². The Morgan fingerprint density at radius 1 is 1.48 bits per heavy atom. The number of benzene rings is 1. The summed E-state index contributed by atoms with van der Waals surface area (Å²) in [4.78, 5) is 9.95. The van der Waals surface area contributed by atoms with Gasteiger partial charge in [-0.2, -0.15) is 11.8 Å². The molecule has 1 aromatic rings. The first-order chi connectivity index (χ1) is 9.77. The van der Waals surface area contributed by atoms with Crippen molar-refractivity contribution in [3.63, 3.8) is 0 Å². The Morgan fingerprint density at radius 2 is 2.14 bits per heavy atom. The maximum Gasteiger partial charge on any atom is 0.289 e. The molecule has 0 aromatic heterocycles. The molecule has 0 fully saturated rings. The van der Waals surface area contributed by atoms with Crippen LogP contribution >= 0.6 is 27.7 Å². The summed E-state index contributed by atoms with van der Waals surface area (Å²) in [6.07, 6.45) is 0.666. The SMILES string of the molecule is CCSCCC(C)NS(=O)(=O)c1cc(Br)ccc1[N+](=O)[O-]. The van der Waals surface area contributed by atoms with Crippen LogP contribution < -0.4 is 4.72 Å². The number of nitrogens with zero attached hydrogens (tertiary/aromatic N) is 1. The van der Waals surface area contributed by atoms with Gasteiger partial charge in [-0.3, -0.25) is 10.1 Å². The van der Waals surface area contributed by atoms with E-state index in [-0.39, 0.29) is 10.9 Å².